The molecule has 0 spiro atoms. The Morgan fingerprint density at radius 1 is 1.30 bits per heavy atom. The first-order valence-corrected chi connectivity index (χ1v) is 7.62. The quantitative estimate of drug-likeness (QED) is 0.624. The van der Waals surface area contributed by atoms with Crippen molar-refractivity contribution in [2.75, 3.05) is 25.9 Å². The summed E-state index contributed by atoms with van der Waals surface area (Å²) in [7, 11) is -1.98. The third-order valence-corrected chi connectivity index (χ3v) is 3.81. The van der Waals surface area contributed by atoms with Crippen molar-refractivity contribution in [3.8, 4) is 11.8 Å². The minimum absolute atomic E-state index is 0.0523. The smallest absolute Gasteiger partial charge is 0.251 e. The number of nitrogens with one attached hydrogen (secondary N) is 2. The van der Waals surface area contributed by atoms with Gasteiger partial charge in [0.05, 0.1) is 12.3 Å². The first kappa shape index (κ1) is 16.2. The van der Waals surface area contributed by atoms with Crippen LogP contribution in [0.1, 0.15) is 15.9 Å². The molecule has 4 N–H and O–H groups in total. The average molecular weight is 295 g/mol. The van der Waals surface area contributed by atoms with Crippen LogP contribution < -0.4 is 15.8 Å². The van der Waals surface area contributed by atoms with Gasteiger partial charge in [0.1, 0.15) is 0 Å². The molecule has 1 amide bonds. The molecular formula is C13H17N3O3S. The van der Waals surface area contributed by atoms with Gasteiger partial charge < -0.3 is 11.1 Å². The largest absolute Gasteiger partial charge is 0.351 e. The van der Waals surface area contributed by atoms with E-state index in [-0.39, 0.29) is 24.7 Å². The van der Waals surface area contributed by atoms with Gasteiger partial charge in [0.15, 0.2) is 0 Å². The molecule has 0 unspecified atom stereocenters. The lowest BCUT2D eigenvalue weighted by Gasteiger charge is -2.05. The summed E-state index contributed by atoms with van der Waals surface area (Å²) in [6.45, 7) is 0.332. The van der Waals surface area contributed by atoms with Gasteiger partial charge >= 0.3 is 0 Å². The molecular weight excluding hydrogens is 278 g/mol. The van der Waals surface area contributed by atoms with Crippen molar-refractivity contribution < 1.29 is 13.2 Å². The van der Waals surface area contributed by atoms with Gasteiger partial charge in [-0.25, -0.2) is 13.1 Å². The summed E-state index contributed by atoms with van der Waals surface area (Å²) in [5.41, 5.74) is 6.48. The molecule has 108 valence electrons. The molecule has 0 heterocycles. The van der Waals surface area contributed by atoms with Crippen molar-refractivity contribution in [3.63, 3.8) is 0 Å². The highest BCUT2D eigenvalue weighted by atomic mass is 32.2. The van der Waals surface area contributed by atoms with Crippen LogP contribution in [0.4, 0.5) is 0 Å². The van der Waals surface area contributed by atoms with Crippen LogP contribution in [0.15, 0.2) is 24.3 Å². The second-order valence-corrected chi connectivity index (χ2v) is 5.91. The number of nitrogens with two attached hydrogens (primary N) is 1. The lowest BCUT2D eigenvalue weighted by Crippen LogP contribution is -2.32. The Balaban J connectivity index is 2.56. The van der Waals surface area contributed by atoms with Crippen LogP contribution in [0.5, 0.6) is 0 Å². The molecule has 20 heavy (non-hydrogen) atoms. The first-order valence-electron chi connectivity index (χ1n) is 5.97. The Morgan fingerprint density at radius 3 is 2.50 bits per heavy atom. The molecule has 0 saturated carbocycles. The first-order chi connectivity index (χ1) is 9.48. The van der Waals surface area contributed by atoms with Crippen molar-refractivity contribution >= 4 is 15.9 Å². The maximum atomic E-state index is 11.8. The second kappa shape index (κ2) is 7.65. The lowest BCUT2D eigenvalue weighted by atomic mass is 10.1. The molecule has 0 aliphatic rings. The van der Waals surface area contributed by atoms with E-state index < -0.39 is 10.0 Å². The third kappa shape index (κ3) is 5.40. The number of carbonyl (C=O) groups excluding carboxylic acids is 1. The fraction of sp³-hybridized carbons (Fsp3) is 0.308. The zero-order valence-electron chi connectivity index (χ0n) is 11.1. The topological polar surface area (TPSA) is 101 Å². The third-order valence-electron chi connectivity index (χ3n) is 2.45. The molecule has 0 atom stereocenters. The van der Waals surface area contributed by atoms with Gasteiger partial charge in [-0.2, -0.15) is 0 Å². The lowest BCUT2D eigenvalue weighted by molar-refractivity contribution is 0.0956. The second-order valence-electron chi connectivity index (χ2n) is 3.86. The Bertz CT molecular complexity index is 613. The molecule has 0 bridgehead atoms. The predicted molar refractivity (Wildman–Crippen MR) is 77.6 cm³/mol. The molecule has 1 rings (SSSR count). The van der Waals surface area contributed by atoms with Crippen molar-refractivity contribution in [1.29, 1.82) is 0 Å². The van der Waals surface area contributed by atoms with E-state index in [2.05, 4.69) is 21.9 Å². The molecule has 0 aliphatic carbocycles. The van der Waals surface area contributed by atoms with Crippen LogP contribution in [-0.2, 0) is 10.0 Å². The molecule has 0 radical (unpaired) electrons. The van der Waals surface area contributed by atoms with Gasteiger partial charge in [0.2, 0.25) is 10.0 Å². The van der Waals surface area contributed by atoms with Crippen molar-refractivity contribution in [1.82, 2.24) is 10.0 Å². The molecule has 0 aliphatic heterocycles. The summed E-state index contributed by atoms with van der Waals surface area (Å²) in [6.07, 6.45) is 0. The predicted octanol–water partition coefficient (Wildman–Crippen LogP) is -0.724. The minimum atomic E-state index is -3.31. The Kier molecular flexibility index (Phi) is 6.18. The number of hydrogen-bond donors (Lipinski definition) is 3. The van der Waals surface area contributed by atoms with E-state index in [1.54, 1.807) is 24.3 Å². The van der Waals surface area contributed by atoms with E-state index in [9.17, 15) is 13.2 Å². The van der Waals surface area contributed by atoms with Crippen LogP contribution in [0.2, 0.25) is 0 Å². The van der Waals surface area contributed by atoms with E-state index in [4.69, 9.17) is 5.73 Å². The standard InChI is InChI=1S/C13H17N3O3S/c1-15-20(18,19)10-9-16-13(17)12-6-4-11(5-7-12)3-2-8-14/h4-7,15H,8-10,14H2,1H3,(H,16,17). The number of sulfonamides is 1. The van der Waals surface area contributed by atoms with Gasteiger partial charge in [-0.1, -0.05) is 11.8 Å². The molecule has 0 fully saturated rings. The SMILES string of the molecule is CNS(=O)(=O)CCNC(=O)c1ccc(C#CCN)cc1. The molecule has 0 saturated heterocycles. The van der Waals surface area contributed by atoms with Gasteiger partial charge in [-0.15, -0.1) is 0 Å². The van der Waals surface area contributed by atoms with E-state index >= 15 is 0 Å². The highest BCUT2D eigenvalue weighted by Gasteiger charge is 2.09. The number of benzene rings is 1. The van der Waals surface area contributed by atoms with Crippen molar-refractivity contribution in [2.45, 2.75) is 0 Å². The van der Waals surface area contributed by atoms with Crippen LogP contribution in [0.3, 0.4) is 0 Å². The van der Waals surface area contributed by atoms with Crippen LogP contribution in [-0.4, -0.2) is 40.2 Å². The van der Waals surface area contributed by atoms with Gasteiger partial charge in [0, 0.05) is 17.7 Å². The van der Waals surface area contributed by atoms with E-state index in [1.165, 1.54) is 7.05 Å². The minimum Gasteiger partial charge on any atom is -0.351 e. The average Bonchev–Trinajstić information content (AvgIpc) is 2.45. The number of hydrogen-bond acceptors (Lipinski definition) is 4. The van der Waals surface area contributed by atoms with E-state index in [0.717, 1.165) is 5.56 Å². The number of carbonyl (C=O) groups is 1. The van der Waals surface area contributed by atoms with Crippen LogP contribution >= 0.6 is 0 Å². The van der Waals surface area contributed by atoms with Crippen LogP contribution in [0, 0.1) is 11.8 Å². The van der Waals surface area contributed by atoms with Crippen molar-refractivity contribution in [2.24, 2.45) is 5.73 Å². The summed E-state index contributed by atoms with van der Waals surface area (Å²) >= 11 is 0. The molecule has 7 heteroatoms. The van der Waals surface area contributed by atoms with E-state index in [0.29, 0.717) is 5.56 Å². The molecule has 0 aromatic heterocycles. The molecule has 6 nitrogen and oxygen atoms in total. The van der Waals surface area contributed by atoms with Crippen LogP contribution in [0.25, 0.3) is 0 Å². The van der Waals surface area contributed by atoms with Gasteiger partial charge in [-0.05, 0) is 31.3 Å². The summed E-state index contributed by atoms with van der Waals surface area (Å²) < 4.78 is 24.5. The summed E-state index contributed by atoms with van der Waals surface area (Å²) in [5, 5.41) is 2.54. The van der Waals surface area contributed by atoms with Gasteiger partial charge in [-0.3, -0.25) is 4.79 Å². The summed E-state index contributed by atoms with van der Waals surface area (Å²) in [4.78, 5) is 11.8. The number of rotatable bonds is 5. The monoisotopic (exact) mass is 295 g/mol. The Morgan fingerprint density at radius 2 is 1.95 bits per heavy atom. The van der Waals surface area contributed by atoms with Crippen molar-refractivity contribution in [3.05, 3.63) is 35.4 Å². The maximum absolute atomic E-state index is 11.8. The Labute approximate surface area is 118 Å². The molecule has 1 aromatic carbocycles. The van der Waals surface area contributed by atoms with Gasteiger partial charge in [0.25, 0.3) is 5.91 Å². The maximum Gasteiger partial charge on any atom is 0.251 e. The Hall–Kier alpha value is -1.88. The normalized spacial score (nSPS) is 10.5. The summed E-state index contributed by atoms with van der Waals surface area (Å²) in [5.74, 6) is 5.08. The highest BCUT2D eigenvalue weighted by molar-refractivity contribution is 7.89. The zero-order valence-corrected chi connectivity index (χ0v) is 12.0. The fourth-order valence-electron chi connectivity index (χ4n) is 1.36. The number of amides is 1. The summed E-state index contributed by atoms with van der Waals surface area (Å²) in [6, 6.07) is 6.68. The van der Waals surface area contributed by atoms with E-state index in [1.807, 2.05) is 0 Å². The molecule has 1 aromatic rings. The zero-order chi connectivity index (χ0) is 15.0. The fourth-order valence-corrected chi connectivity index (χ4v) is 1.94. The highest BCUT2D eigenvalue weighted by Crippen LogP contribution is 2.03.